The number of carbonyl (C=O) groups is 5. The lowest BCUT2D eigenvalue weighted by molar-refractivity contribution is -0.140. The summed E-state index contributed by atoms with van der Waals surface area (Å²) in [6.45, 7) is 2.04. The molecule has 1 aliphatic heterocycles. The summed E-state index contributed by atoms with van der Waals surface area (Å²) < 4.78 is 4.93. The van der Waals surface area contributed by atoms with Crippen molar-refractivity contribution in [3.63, 3.8) is 0 Å². The van der Waals surface area contributed by atoms with Crippen molar-refractivity contribution in [2.75, 3.05) is 18.5 Å². The molecular formula is C14H13N3O7S2. The van der Waals surface area contributed by atoms with Crippen LogP contribution in [0.5, 0.6) is 0 Å². The van der Waals surface area contributed by atoms with E-state index in [-0.39, 0.29) is 33.8 Å². The molecule has 0 unspecified atom stereocenters. The zero-order valence-corrected chi connectivity index (χ0v) is 15.2. The first-order valence-corrected chi connectivity index (χ1v) is 8.84. The lowest BCUT2D eigenvalue weighted by Crippen LogP contribution is -2.33. The minimum absolute atomic E-state index is 0.0178. The van der Waals surface area contributed by atoms with Gasteiger partial charge in [-0.05, 0) is 18.7 Å². The second-order valence-electron chi connectivity index (χ2n) is 4.80. The first-order chi connectivity index (χ1) is 12.2. The van der Waals surface area contributed by atoms with E-state index in [1.54, 1.807) is 6.92 Å². The predicted octanol–water partition coefficient (Wildman–Crippen LogP) is 1.16. The Hall–Kier alpha value is -2.73. The van der Waals surface area contributed by atoms with Crippen molar-refractivity contribution in [2.24, 2.45) is 0 Å². The number of aliphatic carboxylic acids is 1. The van der Waals surface area contributed by atoms with Gasteiger partial charge in [0.1, 0.15) is 12.1 Å². The Morgan fingerprint density at radius 2 is 2.04 bits per heavy atom. The molecule has 0 radical (unpaired) electrons. The highest BCUT2D eigenvalue weighted by molar-refractivity contribution is 8.18. The van der Waals surface area contributed by atoms with E-state index in [1.807, 2.05) is 0 Å². The first kappa shape index (κ1) is 19.6. The van der Waals surface area contributed by atoms with Gasteiger partial charge in [0, 0.05) is 12.3 Å². The Morgan fingerprint density at radius 3 is 2.62 bits per heavy atom. The molecule has 2 N–H and O–H groups in total. The Balaban J connectivity index is 2.49. The molecule has 26 heavy (non-hydrogen) atoms. The molecule has 0 aromatic carbocycles. The minimum Gasteiger partial charge on any atom is -0.480 e. The van der Waals surface area contributed by atoms with Gasteiger partial charge in [0.15, 0.2) is 5.13 Å². The number of aromatic nitrogens is 1. The van der Waals surface area contributed by atoms with Crippen molar-refractivity contribution in [3.05, 3.63) is 16.0 Å². The number of carboxylic acid groups (broad SMARTS) is 1. The molecule has 0 aliphatic carbocycles. The number of imide groups is 1. The lowest BCUT2D eigenvalue weighted by atomic mass is 10.2. The molecule has 0 atom stereocenters. The van der Waals surface area contributed by atoms with Gasteiger partial charge in [-0.15, -0.1) is 11.3 Å². The third-order valence-corrected chi connectivity index (χ3v) is 4.63. The largest absolute Gasteiger partial charge is 0.480 e. The quantitative estimate of drug-likeness (QED) is 0.532. The van der Waals surface area contributed by atoms with Gasteiger partial charge in [-0.1, -0.05) is 0 Å². The zero-order chi connectivity index (χ0) is 19.4. The van der Waals surface area contributed by atoms with Crippen LogP contribution >= 0.6 is 23.1 Å². The molecule has 1 fully saturated rings. The average Bonchev–Trinajstić information content (AvgIpc) is 3.08. The van der Waals surface area contributed by atoms with Gasteiger partial charge in [0.25, 0.3) is 11.1 Å². The maximum atomic E-state index is 12.4. The number of amides is 3. The van der Waals surface area contributed by atoms with Crippen LogP contribution in [0, 0.1) is 0 Å². The van der Waals surface area contributed by atoms with Crippen LogP contribution < -0.4 is 5.32 Å². The van der Waals surface area contributed by atoms with Gasteiger partial charge in [0.2, 0.25) is 5.91 Å². The van der Waals surface area contributed by atoms with Gasteiger partial charge in [0.05, 0.1) is 17.2 Å². The number of carbonyl (C=O) groups excluding carboxylic acids is 4. The van der Waals surface area contributed by atoms with Gasteiger partial charge >= 0.3 is 11.9 Å². The minimum atomic E-state index is -1.37. The number of esters is 1. The summed E-state index contributed by atoms with van der Waals surface area (Å²) in [5.41, 5.74) is -0.214. The second-order valence-corrected chi connectivity index (χ2v) is 6.62. The van der Waals surface area contributed by atoms with Crippen molar-refractivity contribution in [2.45, 2.75) is 13.8 Å². The number of anilines is 1. The number of nitrogens with zero attached hydrogens (tertiary/aromatic N) is 2. The van der Waals surface area contributed by atoms with Gasteiger partial charge in [-0.2, -0.15) is 0 Å². The molecule has 0 bridgehead atoms. The summed E-state index contributed by atoms with van der Waals surface area (Å²) in [4.78, 5) is 62.9. The highest BCUT2D eigenvalue weighted by Crippen LogP contribution is 2.37. The SMILES string of the molecule is CCOC(=O)/C(=C1\SC(=O)N(CC(=O)O)C1=O)c1csc(NC(C)=O)n1. The van der Waals surface area contributed by atoms with E-state index in [9.17, 15) is 24.0 Å². The molecule has 1 aromatic rings. The number of rotatable bonds is 6. The van der Waals surface area contributed by atoms with Crippen LogP contribution in [0.3, 0.4) is 0 Å². The standard InChI is InChI=1S/C14H13N3O7S2/c1-3-24-12(22)9(7-5-25-13(16-7)15-6(2)18)10-11(21)17(4-8(19)20)14(23)26-10/h5H,3-4H2,1-2H3,(H,19,20)(H,15,16,18)/b10-9-. The first-order valence-electron chi connectivity index (χ1n) is 7.15. The lowest BCUT2D eigenvalue weighted by Gasteiger charge is -2.09. The number of hydrogen-bond donors (Lipinski definition) is 2. The Kier molecular flexibility index (Phi) is 6.10. The smallest absolute Gasteiger partial charge is 0.341 e. The van der Waals surface area contributed by atoms with Crippen molar-refractivity contribution in [1.82, 2.24) is 9.88 Å². The van der Waals surface area contributed by atoms with Crippen LogP contribution in [0.25, 0.3) is 5.57 Å². The van der Waals surface area contributed by atoms with Crippen molar-refractivity contribution < 1.29 is 33.8 Å². The normalized spacial score (nSPS) is 15.8. The molecule has 138 valence electrons. The number of nitrogens with one attached hydrogen (secondary N) is 1. The van der Waals surface area contributed by atoms with Crippen LogP contribution in [0.1, 0.15) is 19.5 Å². The van der Waals surface area contributed by atoms with Crippen LogP contribution in [0.15, 0.2) is 10.3 Å². The molecule has 2 rings (SSSR count). The molecule has 3 amide bonds. The molecule has 0 spiro atoms. The summed E-state index contributed by atoms with van der Waals surface area (Å²) in [5, 5.41) is 12.1. The van der Waals surface area contributed by atoms with E-state index < -0.39 is 29.6 Å². The monoisotopic (exact) mass is 399 g/mol. The molecule has 1 saturated heterocycles. The maximum Gasteiger partial charge on any atom is 0.341 e. The van der Waals surface area contributed by atoms with Crippen molar-refractivity contribution in [1.29, 1.82) is 0 Å². The van der Waals surface area contributed by atoms with Crippen LogP contribution in [-0.4, -0.2) is 57.1 Å². The van der Waals surface area contributed by atoms with Gasteiger partial charge in [-0.3, -0.25) is 24.1 Å². The number of carboxylic acids is 1. The van der Waals surface area contributed by atoms with E-state index in [0.717, 1.165) is 11.3 Å². The predicted molar refractivity (Wildman–Crippen MR) is 92.3 cm³/mol. The molecule has 2 heterocycles. The number of hydrogen-bond acceptors (Lipinski definition) is 9. The molecule has 10 nitrogen and oxygen atoms in total. The molecule has 0 saturated carbocycles. The molecular weight excluding hydrogens is 386 g/mol. The maximum absolute atomic E-state index is 12.4. The zero-order valence-electron chi connectivity index (χ0n) is 13.6. The van der Waals surface area contributed by atoms with Crippen molar-refractivity contribution in [3.8, 4) is 0 Å². The van der Waals surface area contributed by atoms with Crippen LogP contribution in [0.4, 0.5) is 9.93 Å². The fourth-order valence-electron chi connectivity index (χ4n) is 1.93. The summed E-state index contributed by atoms with van der Waals surface area (Å²) >= 11 is 1.45. The van der Waals surface area contributed by atoms with E-state index in [1.165, 1.54) is 12.3 Å². The number of ether oxygens (including phenoxy) is 1. The number of thioether (sulfide) groups is 1. The Bertz CT molecular complexity index is 830. The van der Waals surface area contributed by atoms with Crippen LogP contribution in [0.2, 0.25) is 0 Å². The Morgan fingerprint density at radius 1 is 1.35 bits per heavy atom. The fraction of sp³-hybridized carbons (Fsp3) is 0.286. The van der Waals surface area contributed by atoms with E-state index >= 15 is 0 Å². The number of thiazole rings is 1. The third kappa shape index (κ3) is 4.26. The summed E-state index contributed by atoms with van der Waals surface area (Å²) in [7, 11) is 0. The summed E-state index contributed by atoms with van der Waals surface area (Å²) in [6.07, 6.45) is 0. The molecule has 1 aliphatic rings. The highest BCUT2D eigenvalue weighted by atomic mass is 32.2. The van der Waals surface area contributed by atoms with E-state index in [2.05, 4.69) is 10.3 Å². The summed E-state index contributed by atoms with van der Waals surface area (Å²) in [5.74, 6) is -3.54. The Labute approximate surface area is 155 Å². The van der Waals surface area contributed by atoms with E-state index in [0.29, 0.717) is 16.7 Å². The van der Waals surface area contributed by atoms with Gasteiger partial charge in [-0.25, -0.2) is 9.78 Å². The highest BCUT2D eigenvalue weighted by Gasteiger charge is 2.41. The summed E-state index contributed by atoms with van der Waals surface area (Å²) in [6, 6.07) is 0. The average molecular weight is 399 g/mol. The third-order valence-electron chi connectivity index (χ3n) is 2.89. The van der Waals surface area contributed by atoms with E-state index in [4.69, 9.17) is 9.84 Å². The van der Waals surface area contributed by atoms with Gasteiger partial charge < -0.3 is 15.2 Å². The van der Waals surface area contributed by atoms with Crippen LogP contribution in [-0.2, 0) is 23.9 Å². The molecule has 12 heteroatoms. The topological polar surface area (TPSA) is 143 Å². The fourth-order valence-corrected chi connectivity index (χ4v) is 3.60. The second kappa shape index (κ2) is 8.10. The molecule has 1 aromatic heterocycles. The van der Waals surface area contributed by atoms with Crippen molar-refractivity contribution >= 4 is 62.8 Å².